The Labute approximate surface area is 101 Å². The van der Waals surface area contributed by atoms with Crippen molar-refractivity contribution in [3.8, 4) is 0 Å². The molecular weight excluding hydrogens is 311 g/mol. The number of nitrogens with one attached hydrogen (secondary N) is 1. The van der Waals surface area contributed by atoms with E-state index >= 15 is 0 Å². The second kappa shape index (κ2) is 6.81. The number of carbonyl (C=O) groups excluding carboxylic acids is 1. The van der Waals surface area contributed by atoms with Crippen molar-refractivity contribution in [2.75, 3.05) is 19.8 Å². The molecule has 6 heteroatoms. The molecule has 0 atom stereocenters. The van der Waals surface area contributed by atoms with E-state index in [1.54, 1.807) is 0 Å². The van der Waals surface area contributed by atoms with Crippen molar-refractivity contribution < 1.29 is 13.9 Å². The van der Waals surface area contributed by atoms with Crippen LogP contribution in [0.2, 0.25) is 0 Å². The van der Waals surface area contributed by atoms with Crippen LogP contribution in [0.5, 0.6) is 0 Å². The van der Waals surface area contributed by atoms with Crippen LogP contribution in [0, 0.1) is 3.77 Å². The molecule has 1 aromatic rings. The molecule has 0 radical (unpaired) electrons. The Bertz CT molecular complexity index is 314. The predicted octanol–water partition coefficient (Wildman–Crippen LogP) is 0.476. The number of carbonyl (C=O) groups is 1. The molecule has 0 aliphatic rings. The van der Waals surface area contributed by atoms with Crippen molar-refractivity contribution in [3.05, 3.63) is 21.7 Å². The van der Waals surface area contributed by atoms with Crippen LogP contribution >= 0.6 is 22.6 Å². The van der Waals surface area contributed by atoms with Crippen molar-refractivity contribution in [1.29, 1.82) is 0 Å². The maximum atomic E-state index is 10.3. The first-order valence-corrected chi connectivity index (χ1v) is 5.57. The number of primary amides is 1. The first kappa shape index (κ1) is 12.5. The quantitative estimate of drug-likeness (QED) is 0.565. The van der Waals surface area contributed by atoms with Gasteiger partial charge in [0.15, 0.2) is 3.77 Å². The van der Waals surface area contributed by atoms with Gasteiger partial charge in [-0.1, -0.05) is 0 Å². The summed E-state index contributed by atoms with van der Waals surface area (Å²) in [5.41, 5.74) is 4.90. The first-order valence-electron chi connectivity index (χ1n) is 4.49. The number of hydrogen-bond acceptors (Lipinski definition) is 4. The normalized spacial score (nSPS) is 10.5. The average molecular weight is 324 g/mol. The van der Waals surface area contributed by atoms with E-state index in [1.807, 2.05) is 12.1 Å². The molecule has 0 aliphatic carbocycles. The standard InChI is InChI=1S/C9H13IN2O3/c10-8-2-1-7(15-8)5-12-3-4-14-6-9(11)13/h1-2,12H,3-6H2,(H2,11,13). The van der Waals surface area contributed by atoms with Crippen LogP contribution in [-0.4, -0.2) is 25.7 Å². The van der Waals surface area contributed by atoms with Crippen LogP contribution in [0.25, 0.3) is 0 Å². The van der Waals surface area contributed by atoms with E-state index in [4.69, 9.17) is 14.9 Å². The number of nitrogens with two attached hydrogens (primary N) is 1. The first-order chi connectivity index (χ1) is 7.18. The summed E-state index contributed by atoms with van der Waals surface area (Å²) < 4.78 is 11.2. The Balaban J connectivity index is 2.00. The SMILES string of the molecule is NC(=O)COCCNCc1ccc(I)o1. The molecular formula is C9H13IN2O3. The number of rotatable bonds is 7. The Morgan fingerprint density at radius 2 is 2.40 bits per heavy atom. The van der Waals surface area contributed by atoms with Crippen LogP contribution in [-0.2, 0) is 16.1 Å². The van der Waals surface area contributed by atoms with Crippen molar-refractivity contribution in [3.63, 3.8) is 0 Å². The van der Waals surface area contributed by atoms with E-state index in [9.17, 15) is 4.79 Å². The summed E-state index contributed by atoms with van der Waals surface area (Å²) in [5.74, 6) is 0.435. The molecule has 1 amide bonds. The third kappa shape index (κ3) is 5.75. The Kier molecular flexibility index (Phi) is 5.66. The molecule has 1 rings (SSSR count). The fourth-order valence-corrected chi connectivity index (χ4v) is 1.44. The van der Waals surface area contributed by atoms with Crippen molar-refractivity contribution in [2.24, 2.45) is 5.73 Å². The molecule has 0 spiro atoms. The highest BCUT2D eigenvalue weighted by molar-refractivity contribution is 14.1. The third-order valence-corrected chi connectivity index (χ3v) is 2.18. The van der Waals surface area contributed by atoms with E-state index in [2.05, 4.69) is 27.9 Å². The van der Waals surface area contributed by atoms with Crippen molar-refractivity contribution in [2.45, 2.75) is 6.54 Å². The topological polar surface area (TPSA) is 77.5 Å². The smallest absolute Gasteiger partial charge is 0.243 e. The number of ether oxygens (including phenoxy) is 1. The zero-order valence-electron chi connectivity index (χ0n) is 8.16. The van der Waals surface area contributed by atoms with Gasteiger partial charge >= 0.3 is 0 Å². The lowest BCUT2D eigenvalue weighted by molar-refractivity contribution is -0.122. The zero-order chi connectivity index (χ0) is 11.1. The Morgan fingerprint density at radius 3 is 3.00 bits per heavy atom. The molecule has 15 heavy (non-hydrogen) atoms. The lowest BCUT2D eigenvalue weighted by Gasteiger charge is -2.02. The molecule has 0 bridgehead atoms. The van der Waals surface area contributed by atoms with E-state index in [0.717, 1.165) is 9.53 Å². The van der Waals surface area contributed by atoms with Gasteiger partial charge in [0.05, 0.1) is 13.2 Å². The molecule has 1 aromatic heterocycles. The fraction of sp³-hybridized carbons (Fsp3) is 0.444. The molecule has 0 aliphatic heterocycles. The molecule has 84 valence electrons. The van der Waals surface area contributed by atoms with Gasteiger partial charge in [-0.25, -0.2) is 0 Å². The predicted molar refractivity (Wildman–Crippen MR) is 63.1 cm³/mol. The molecule has 1 heterocycles. The van der Waals surface area contributed by atoms with E-state index in [-0.39, 0.29) is 6.61 Å². The van der Waals surface area contributed by atoms with Gasteiger partial charge in [-0.15, -0.1) is 0 Å². The third-order valence-electron chi connectivity index (χ3n) is 1.60. The average Bonchev–Trinajstić information content (AvgIpc) is 2.57. The molecule has 3 N–H and O–H groups in total. The number of halogens is 1. The minimum Gasteiger partial charge on any atom is -0.454 e. The van der Waals surface area contributed by atoms with Gasteiger partial charge in [-0.2, -0.15) is 0 Å². The van der Waals surface area contributed by atoms with E-state index in [1.165, 1.54) is 0 Å². The van der Waals surface area contributed by atoms with Gasteiger partial charge in [0.25, 0.3) is 0 Å². The van der Waals surface area contributed by atoms with E-state index < -0.39 is 5.91 Å². The summed E-state index contributed by atoms with van der Waals surface area (Å²) in [5, 5.41) is 3.11. The minimum atomic E-state index is -0.449. The van der Waals surface area contributed by atoms with Crippen LogP contribution in [0.1, 0.15) is 5.76 Å². The maximum Gasteiger partial charge on any atom is 0.243 e. The number of amides is 1. The maximum absolute atomic E-state index is 10.3. The lowest BCUT2D eigenvalue weighted by Crippen LogP contribution is -2.23. The van der Waals surface area contributed by atoms with E-state index in [0.29, 0.717) is 19.7 Å². The molecule has 0 aromatic carbocycles. The number of furan rings is 1. The van der Waals surface area contributed by atoms with Crippen molar-refractivity contribution in [1.82, 2.24) is 5.32 Å². The molecule has 0 saturated heterocycles. The lowest BCUT2D eigenvalue weighted by atomic mass is 10.4. The summed E-state index contributed by atoms with van der Waals surface area (Å²) >= 11 is 2.11. The minimum absolute atomic E-state index is 0.0274. The molecule has 0 unspecified atom stereocenters. The number of hydrogen-bond donors (Lipinski definition) is 2. The zero-order valence-corrected chi connectivity index (χ0v) is 10.3. The van der Waals surface area contributed by atoms with Gasteiger partial charge in [0, 0.05) is 6.54 Å². The van der Waals surface area contributed by atoms with Crippen LogP contribution in [0.15, 0.2) is 16.5 Å². The highest BCUT2D eigenvalue weighted by Gasteiger charge is 1.98. The van der Waals surface area contributed by atoms with Crippen LogP contribution < -0.4 is 11.1 Å². The fourth-order valence-electron chi connectivity index (χ4n) is 0.975. The van der Waals surface area contributed by atoms with Crippen LogP contribution in [0.3, 0.4) is 0 Å². The second-order valence-corrected chi connectivity index (χ2v) is 3.96. The van der Waals surface area contributed by atoms with Gasteiger partial charge in [-0.3, -0.25) is 4.79 Å². The summed E-state index contributed by atoms with van der Waals surface area (Å²) in [7, 11) is 0. The van der Waals surface area contributed by atoms with Gasteiger partial charge < -0.3 is 20.2 Å². The van der Waals surface area contributed by atoms with Crippen molar-refractivity contribution >= 4 is 28.5 Å². The highest BCUT2D eigenvalue weighted by Crippen LogP contribution is 2.09. The van der Waals surface area contributed by atoms with Gasteiger partial charge in [0.1, 0.15) is 12.4 Å². The Morgan fingerprint density at radius 1 is 1.60 bits per heavy atom. The highest BCUT2D eigenvalue weighted by atomic mass is 127. The summed E-state index contributed by atoms with van der Waals surface area (Å²) in [4.78, 5) is 10.3. The summed E-state index contributed by atoms with van der Waals surface area (Å²) in [6.45, 7) is 1.74. The summed E-state index contributed by atoms with van der Waals surface area (Å²) in [6, 6.07) is 3.82. The monoisotopic (exact) mass is 324 g/mol. The molecule has 0 saturated carbocycles. The molecule has 5 nitrogen and oxygen atoms in total. The van der Waals surface area contributed by atoms with Gasteiger partial charge in [-0.05, 0) is 34.7 Å². The second-order valence-electron chi connectivity index (χ2n) is 2.90. The Hall–Kier alpha value is -0.600. The molecule has 0 fully saturated rings. The van der Waals surface area contributed by atoms with Gasteiger partial charge in [0.2, 0.25) is 5.91 Å². The largest absolute Gasteiger partial charge is 0.454 e. The van der Waals surface area contributed by atoms with Crippen LogP contribution in [0.4, 0.5) is 0 Å². The summed E-state index contributed by atoms with van der Waals surface area (Å²) in [6.07, 6.45) is 0.